The Morgan fingerprint density at radius 1 is 1.17 bits per heavy atom. The zero-order chi connectivity index (χ0) is 20.6. The molecule has 0 spiro atoms. The molecule has 1 saturated heterocycles. The van der Waals surface area contributed by atoms with E-state index in [1.54, 1.807) is 14.2 Å². The molecule has 1 N–H and O–H groups in total. The monoisotopic (exact) mass is 392 g/mol. The average molecular weight is 392 g/mol. The summed E-state index contributed by atoms with van der Waals surface area (Å²) in [6, 6.07) is 13.5. The predicted octanol–water partition coefficient (Wildman–Crippen LogP) is 4.70. The summed E-state index contributed by atoms with van der Waals surface area (Å²) in [5, 5.41) is 3.00. The Bertz CT molecular complexity index is 888. The minimum absolute atomic E-state index is 0.0591. The number of ether oxygens (including phenoxy) is 2. The van der Waals surface area contributed by atoms with Crippen LogP contribution in [-0.4, -0.2) is 37.7 Å². The number of hydrogen-bond donors (Lipinski definition) is 1. The molecule has 2 aromatic rings. The maximum Gasteiger partial charge on any atom is 0.322 e. The molecule has 2 amide bonds. The second-order valence-corrected chi connectivity index (χ2v) is 7.23. The number of carbonyl (C=O) groups is 1. The molecular formula is C24H28N2O3. The second kappa shape index (κ2) is 9.88. The third-order valence-electron chi connectivity index (χ3n) is 5.38. The van der Waals surface area contributed by atoms with Crippen molar-refractivity contribution in [2.45, 2.75) is 38.1 Å². The van der Waals surface area contributed by atoms with Crippen LogP contribution in [0.5, 0.6) is 11.5 Å². The first-order valence-electron chi connectivity index (χ1n) is 10.00. The summed E-state index contributed by atoms with van der Waals surface area (Å²) in [7, 11) is 3.28. The number of hydrogen-bond acceptors (Lipinski definition) is 3. The number of amides is 2. The van der Waals surface area contributed by atoms with Crippen molar-refractivity contribution in [1.29, 1.82) is 0 Å². The standard InChI is InChI=1S/C24H28N2O3/c1-4-18-8-7-9-20(16-18)25-24(27)26-15-6-5-10-21(26)13-11-19-12-14-22(28-2)23(17-19)29-3/h1,7-9,12,14,16-17,21H,5-6,10-11,13,15H2,2-3H3,(H,25,27). The van der Waals surface area contributed by atoms with Gasteiger partial charge in [0.05, 0.1) is 14.2 Å². The number of nitrogens with zero attached hydrogens (tertiary/aromatic N) is 1. The number of carbonyl (C=O) groups excluding carboxylic acids is 1. The lowest BCUT2D eigenvalue weighted by Gasteiger charge is -2.36. The van der Waals surface area contributed by atoms with Crippen LogP contribution in [0.4, 0.5) is 10.5 Å². The van der Waals surface area contributed by atoms with Gasteiger partial charge in [-0.3, -0.25) is 0 Å². The SMILES string of the molecule is C#Cc1cccc(NC(=O)N2CCCCC2CCc2ccc(OC)c(OC)c2)c1. The van der Waals surface area contributed by atoms with Crippen LogP contribution in [0.25, 0.3) is 0 Å². The highest BCUT2D eigenvalue weighted by Crippen LogP contribution is 2.29. The van der Waals surface area contributed by atoms with Crippen LogP contribution in [-0.2, 0) is 6.42 Å². The second-order valence-electron chi connectivity index (χ2n) is 7.23. The molecule has 0 radical (unpaired) electrons. The Balaban J connectivity index is 1.65. The first-order valence-corrected chi connectivity index (χ1v) is 10.00. The number of benzene rings is 2. The van der Waals surface area contributed by atoms with Gasteiger partial charge in [-0.05, 0) is 68.0 Å². The van der Waals surface area contributed by atoms with Crippen LogP contribution in [0.3, 0.4) is 0 Å². The molecule has 5 heteroatoms. The van der Waals surface area contributed by atoms with Crippen molar-refractivity contribution in [1.82, 2.24) is 4.90 Å². The van der Waals surface area contributed by atoms with E-state index < -0.39 is 0 Å². The van der Waals surface area contributed by atoms with Gasteiger partial charge in [0.25, 0.3) is 0 Å². The van der Waals surface area contributed by atoms with Crippen LogP contribution < -0.4 is 14.8 Å². The molecule has 29 heavy (non-hydrogen) atoms. The van der Waals surface area contributed by atoms with E-state index in [2.05, 4.69) is 17.3 Å². The number of rotatable bonds is 6. The van der Waals surface area contributed by atoms with Gasteiger partial charge in [0, 0.05) is 23.8 Å². The lowest BCUT2D eigenvalue weighted by Crippen LogP contribution is -2.46. The predicted molar refractivity (Wildman–Crippen MR) is 116 cm³/mol. The number of nitrogens with one attached hydrogen (secondary N) is 1. The quantitative estimate of drug-likeness (QED) is 0.725. The maximum atomic E-state index is 12.9. The molecule has 0 aliphatic carbocycles. The number of aryl methyl sites for hydroxylation is 1. The Morgan fingerprint density at radius 3 is 2.76 bits per heavy atom. The molecule has 0 saturated carbocycles. The molecule has 1 aliphatic rings. The highest BCUT2D eigenvalue weighted by atomic mass is 16.5. The van der Waals surface area contributed by atoms with Crippen molar-refractivity contribution >= 4 is 11.7 Å². The largest absolute Gasteiger partial charge is 0.493 e. The molecule has 0 aromatic heterocycles. The van der Waals surface area contributed by atoms with E-state index in [0.717, 1.165) is 61.4 Å². The fourth-order valence-corrected chi connectivity index (χ4v) is 3.82. The van der Waals surface area contributed by atoms with E-state index in [-0.39, 0.29) is 12.1 Å². The van der Waals surface area contributed by atoms with E-state index in [1.165, 1.54) is 5.56 Å². The van der Waals surface area contributed by atoms with E-state index in [9.17, 15) is 4.79 Å². The number of methoxy groups -OCH3 is 2. The zero-order valence-electron chi connectivity index (χ0n) is 17.1. The molecule has 3 rings (SSSR count). The molecule has 1 unspecified atom stereocenters. The molecule has 152 valence electrons. The highest BCUT2D eigenvalue weighted by Gasteiger charge is 2.26. The first kappa shape index (κ1) is 20.6. The smallest absolute Gasteiger partial charge is 0.322 e. The molecule has 1 atom stereocenters. The fraction of sp³-hybridized carbons (Fsp3) is 0.375. The van der Waals surface area contributed by atoms with Gasteiger partial charge in [-0.2, -0.15) is 0 Å². The minimum Gasteiger partial charge on any atom is -0.493 e. The van der Waals surface area contributed by atoms with Gasteiger partial charge in [0.1, 0.15) is 0 Å². The fourth-order valence-electron chi connectivity index (χ4n) is 3.82. The summed E-state index contributed by atoms with van der Waals surface area (Å²) in [5.41, 5.74) is 2.66. The van der Waals surface area contributed by atoms with Crippen molar-refractivity contribution < 1.29 is 14.3 Å². The maximum absolute atomic E-state index is 12.9. The van der Waals surface area contributed by atoms with Crippen molar-refractivity contribution in [3.63, 3.8) is 0 Å². The number of urea groups is 1. The lowest BCUT2D eigenvalue weighted by molar-refractivity contribution is 0.158. The molecule has 0 bridgehead atoms. The van der Waals surface area contributed by atoms with Gasteiger partial charge < -0.3 is 19.7 Å². The molecule has 1 fully saturated rings. The van der Waals surface area contributed by atoms with Gasteiger partial charge in [0.2, 0.25) is 0 Å². The average Bonchev–Trinajstić information content (AvgIpc) is 2.77. The third kappa shape index (κ3) is 5.23. The van der Waals surface area contributed by atoms with Gasteiger partial charge >= 0.3 is 6.03 Å². The van der Waals surface area contributed by atoms with E-state index in [0.29, 0.717) is 0 Å². The number of likely N-dealkylation sites (tertiary alicyclic amines) is 1. The topological polar surface area (TPSA) is 50.8 Å². The summed E-state index contributed by atoms with van der Waals surface area (Å²) in [4.78, 5) is 14.9. The van der Waals surface area contributed by atoms with Crippen molar-refractivity contribution in [3.8, 4) is 23.8 Å². The summed E-state index contributed by atoms with van der Waals surface area (Å²) in [5.74, 6) is 4.06. The van der Waals surface area contributed by atoms with E-state index in [1.807, 2.05) is 41.3 Å². The third-order valence-corrected chi connectivity index (χ3v) is 5.38. The molecule has 2 aromatic carbocycles. The van der Waals surface area contributed by atoms with Crippen LogP contribution >= 0.6 is 0 Å². The summed E-state index contributed by atoms with van der Waals surface area (Å²) in [6.45, 7) is 0.775. The number of anilines is 1. The van der Waals surface area contributed by atoms with Crippen molar-refractivity contribution in [2.75, 3.05) is 26.1 Å². The van der Waals surface area contributed by atoms with Gasteiger partial charge in [-0.1, -0.05) is 18.1 Å². The van der Waals surface area contributed by atoms with E-state index in [4.69, 9.17) is 15.9 Å². The molecular weight excluding hydrogens is 364 g/mol. The van der Waals surface area contributed by atoms with E-state index >= 15 is 0 Å². The number of terminal acetylenes is 1. The Hall–Kier alpha value is -3.13. The Kier molecular flexibility index (Phi) is 7.02. The zero-order valence-corrected chi connectivity index (χ0v) is 17.1. The van der Waals surface area contributed by atoms with Gasteiger partial charge in [0.15, 0.2) is 11.5 Å². The molecule has 1 aliphatic heterocycles. The summed E-state index contributed by atoms with van der Waals surface area (Å²) in [6.07, 6.45) is 10.4. The number of piperidine rings is 1. The normalized spacial score (nSPS) is 16.0. The summed E-state index contributed by atoms with van der Waals surface area (Å²) < 4.78 is 10.7. The van der Waals surface area contributed by atoms with Crippen LogP contribution in [0.2, 0.25) is 0 Å². The molecule has 1 heterocycles. The highest BCUT2D eigenvalue weighted by molar-refractivity contribution is 5.89. The Labute approximate surface area is 173 Å². The van der Waals surface area contributed by atoms with Crippen molar-refractivity contribution in [3.05, 3.63) is 53.6 Å². The van der Waals surface area contributed by atoms with Gasteiger partial charge in [-0.15, -0.1) is 6.42 Å². The van der Waals surface area contributed by atoms with Gasteiger partial charge in [-0.25, -0.2) is 4.79 Å². The van der Waals surface area contributed by atoms with Crippen LogP contribution in [0, 0.1) is 12.3 Å². The summed E-state index contributed by atoms with van der Waals surface area (Å²) >= 11 is 0. The van der Waals surface area contributed by atoms with Crippen LogP contribution in [0.1, 0.15) is 36.8 Å². The minimum atomic E-state index is -0.0591. The first-order chi connectivity index (χ1) is 14.1. The molecule has 5 nitrogen and oxygen atoms in total. The van der Waals surface area contributed by atoms with Crippen molar-refractivity contribution in [2.24, 2.45) is 0 Å². The van der Waals surface area contributed by atoms with Crippen LogP contribution in [0.15, 0.2) is 42.5 Å². The Morgan fingerprint density at radius 2 is 2.00 bits per heavy atom. The lowest BCUT2D eigenvalue weighted by atomic mass is 9.96.